The van der Waals surface area contributed by atoms with Crippen LogP contribution in [-0.2, 0) is 11.3 Å². The van der Waals surface area contributed by atoms with Crippen LogP contribution in [0, 0.1) is 0 Å². The highest BCUT2D eigenvalue weighted by Gasteiger charge is 2.09. The van der Waals surface area contributed by atoms with Crippen molar-refractivity contribution in [2.75, 3.05) is 0 Å². The summed E-state index contributed by atoms with van der Waals surface area (Å²) in [5.74, 6) is -0.338. The van der Waals surface area contributed by atoms with Crippen LogP contribution < -0.4 is 0 Å². The molecule has 0 bridgehead atoms. The summed E-state index contributed by atoms with van der Waals surface area (Å²) in [6.07, 6.45) is 0. The van der Waals surface area contributed by atoms with Crippen molar-refractivity contribution in [2.24, 2.45) is 0 Å². The monoisotopic (exact) mass is 303 g/mol. The van der Waals surface area contributed by atoms with Crippen LogP contribution in [0.2, 0.25) is 5.02 Å². The minimum absolute atomic E-state index is 0.233. The molecule has 0 atom stereocenters. The van der Waals surface area contributed by atoms with Crippen LogP contribution in [0.25, 0.3) is 10.2 Å². The SMILES string of the molecule is O=C(OCc1ccc(Cl)cc1)c1ccc2ncsc2c1. The second-order valence-electron chi connectivity index (χ2n) is 4.24. The molecule has 3 rings (SSSR count). The fraction of sp³-hybridized carbons (Fsp3) is 0.0667. The standard InChI is InChI=1S/C15H10ClNO2S/c16-12-4-1-10(2-5-12)8-19-15(18)11-3-6-13-14(7-11)20-9-17-13/h1-7,9H,8H2. The maximum atomic E-state index is 12.0. The molecule has 0 spiro atoms. The smallest absolute Gasteiger partial charge is 0.338 e. The molecule has 1 heterocycles. The Morgan fingerprint density at radius 1 is 1.20 bits per heavy atom. The van der Waals surface area contributed by atoms with Crippen LogP contribution in [0.4, 0.5) is 0 Å². The molecule has 3 nitrogen and oxygen atoms in total. The van der Waals surface area contributed by atoms with Crippen LogP contribution in [-0.4, -0.2) is 11.0 Å². The maximum absolute atomic E-state index is 12.0. The van der Waals surface area contributed by atoms with Gasteiger partial charge in [-0.2, -0.15) is 0 Å². The highest BCUT2D eigenvalue weighted by Crippen LogP contribution is 2.20. The van der Waals surface area contributed by atoms with Crippen LogP contribution in [0.15, 0.2) is 48.0 Å². The third-order valence-electron chi connectivity index (χ3n) is 2.85. The fourth-order valence-electron chi connectivity index (χ4n) is 1.79. The number of aromatic nitrogens is 1. The maximum Gasteiger partial charge on any atom is 0.338 e. The average molecular weight is 304 g/mol. The first-order valence-electron chi connectivity index (χ1n) is 5.97. The Morgan fingerprint density at radius 2 is 2.00 bits per heavy atom. The van der Waals surface area contributed by atoms with Gasteiger partial charge in [0.1, 0.15) is 6.61 Å². The number of carbonyl (C=O) groups excluding carboxylic acids is 1. The molecule has 1 aromatic heterocycles. The molecular weight excluding hydrogens is 294 g/mol. The zero-order valence-electron chi connectivity index (χ0n) is 10.4. The van der Waals surface area contributed by atoms with Gasteiger partial charge in [0.25, 0.3) is 0 Å². The van der Waals surface area contributed by atoms with Gasteiger partial charge in [-0.25, -0.2) is 9.78 Å². The molecular formula is C15H10ClNO2S. The second kappa shape index (κ2) is 5.61. The molecule has 0 N–H and O–H groups in total. The Bertz CT molecular complexity index is 752. The molecule has 2 aromatic carbocycles. The first kappa shape index (κ1) is 13.1. The van der Waals surface area contributed by atoms with Crippen LogP contribution in [0.1, 0.15) is 15.9 Å². The van der Waals surface area contributed by atoms with Gasteiger partial charge >= 0.3 is 5.97 Å². The van der Waals surface area contributed by atoms with Crippen LogP contribution in [0.3, 0.4) is 0 Å². The quantitative estimate of drug-likeness (QED) is 0.677. The van der Waals surface area contributed by atoms with E-state index in [9.17, 15) is 4.79 Å². The van der Waals surface area contributed by atoms with Gasteiger partial charge in [0.15, 0.2) is 0 Å². The van der Waals surface area contributed by atoms with Gasteiger partial charge < -0.3 is 4.74 Å². The lowest BCUT2D eigenvalue weighted by molar-refractivity contribution is 0.0473. The summed E-state index contributed by atoms with van der Waals surface area (Å²) in [5.41, 5.74) is 4.09. The van der Waals surface area contributed by atoms with Gasteiger partial charge in [-0.15, -0.1) is 11.3 Å². The highest BCUT2D eigenvalue weighted by atomic mass is 35.5. The van der Waals surface area contributed by atoms with Crippen molar-refractivity contribution in [3.63, 3.8) is 0 Å². The van der Waals surface area contributed by atoms with Gasteiger partial charge in [-0.1, -0.05) is 23.7 Å². The zero-order chi connectivity index (χ0) is 13.9. The Morgan fingerprint density at radius 3 is 2.80 bits per heavy atom. The number of ether oxygens (including phenoxy) is 1. The average Bonchev–Trinajstić information content (AvgIpc) is 2.93. The van der Waals surface area contributed by atoms with E-state index in [1.54, 1.807) is 29.8 Å². The molecule has 0 saturated heterocycles. The number of hydrogen-bond acceptors (Lipinski definition) is 4. The summed E-state index contributed by atoms with van der Waals surface area (Å²) in [5, 5.41) is 0.663. The number of carbonyl (C=O) groups is 1. The molecule has 0 aliphatic rings. The normalized spacial score (nSPS) is 10.7. The molecule has 5 heteroatoms. The van der Waals surface area contributed by atoms with Gasteiger partial charge in [-0.05, 0) is 35.9 Å². The molecule has 0 amide bonds. The minimum Gasteiger partial charge on any atom is -0.457 e. The molecule has 0 radical (unpaired) electrons. The van der Waals surface area contributed by atoms with Crippen molar-refractivity contribution in [2.45, 2.75) is 6.61 Å². The largest absolute Gasteiger partial charge is 0.457 e. The molecule has 0 aliphatic carbocycles. The lowest BCUT2D eigenvalue weighted by atomic mass is 10.2. The van der Waals surface area contributed by atoms with E-state index in [4.69, 9.17) is 16.3 Å². The molecule has 0 aliphatic heterocycles. The Kier molecular flexibility index (Phi) is 3.67. The summed E-state index contributed by atoms with van der Waals surface area (Å²) in [6, 6.07) is 12.6. The van der Waals surface area contributed by atoms with E-state index in [2.05, 4.69) is 4.98 Å². The summed E-state index contributed by atoms with van der Waals surface area (Å²) in [7, 11) is 0. The lowest BCUT2D eigenvalue weighted by Crippen LogP contribution is -2.04. The predicted octanol–water partition coefficient (Wildman–Crippen LogP) is 4.31. The van der Waals surface area contributed by atoms with Crippen molar-refractivity contribution in [3.05, 3.63) is 64.1 Å². The number of esters is 1. The molecule has 0 unspecified atom stereocenters. The number of benzene rings is 2. The number of hydrogen-bond donors (Lipinski definition) is 0. The minimum atomic E-state index is -0.338. The van der Waals surface area contributed by atoms with E-state index in [-0.39, 0.29) is 12.6 Å². The van der Waals surface area contributed by atoms with Crippen LogP contribution in [0.5, 0.6) is 0 Å². The molecule has 0 fully saturated rings. The Balaban J connectivity index is 1.70. The number of nitrogens with zero attached hydrogens (tertiary/aromatic N) is 1. The Labute approximate surface area is 124 Å². The van der Waals surface area contributed by atoms with Gasteiger partial charge in [0, 0.05) is 5.02 Å². The number of thiazole rings is 1. The molecule has 20 heavy (non-hydrogen) atoms. The van der Waals surface area contributed by atoms with Crippen molar-refractivity contribution < 1.29 is 9.53 Å². The predicted molar refractivity (Wildman–Crippen MR) is 80.2 cm³/mol. The lowest BCUT2D eigenvalue weighted by Gasteiger charge is -2.05. The van der Waals surface area contributed by atoms with Gasteiger partial charge in [-0.3, -0.25) is 0 Å². The van der Waals surface area contributed by atoms with E-state index in [0.29, 0.717) is 10.6 Å². The van der Waals surface area contributed by atoms with Crippen LogP contribution >= 0.6 is 22.9 Å². The summed E-state index contributed by atoms with van der Waals surface area (Å²) in [6.45, 7) is 0.233. The topological polar surface area (TPSA) is 39.2 Å². The number of halogens is 1. The molecule has 100 valence electrons. The van der Waals surface area contributed by atoms with E-state index in [1.165, 1.54) is 11.3 Å². The highest BCUT2D eigenvalue weighted by molar-refractivity contribution is 7.16. The number of rotatable bonds is 3. The second-order valence-corrected chi connectivity index (χ2v) is 5.56. The van der Waals surface area contributed by atoms with Crippen molar-refractivity contribution in [3.8, 4) is 0 Å². The van der Waals surface area contributed by atoms with Gasteiger partial charge in [0.05, 0.1) is 21.3 Å². The first-order valence-corrected chi connectivity index (χ1v) is 7.23. The fourth-order valence-corrected chi connectivity index (χ4v) is 2.64. The summed E-state index contributed by atoms with van der Waals surface area (Å²) < 4.78 is 6.26. The van der Waals surface area contributed by atoms with E-state index >= 15 is 0 Å². The third kappa shape index (κ3) is 2.81. The van der Waals surface area contributed by atoms with Gasteiger partial charge in [0.2, 0.25) is 0 Å². The molecule has 3 aromatic rings. The van der Waals surface area contributed by atoms with Crippen molar-refractivity contribution in [1.29, 1.82) is 0 Å². The zero-order valence-corrected chi connectivity index (χ0v) is 11.9. The van der Waals surface area contributed by atoms with E-state index in [0.717, 1.165) is 15.8 Å². The van der Waals surface area contributed by atoms with Crippen molar-refractivity contribution >= 4 is 39.1 Å². The first-order chi connectivity index (χ1) is 9.72. The number of fused-ring (bicyclic) bond motifs is 1. The Hall–Kier alpha value is -1.91. The summed E-state index contributed by atoms with van der Waals surface area (Å²) in [4.78, 5) is 16.2. The molecule has 0 saturated carbocycles. The summed E-state index contributed by atoms with van der Waals surface area (Å²) >= 11 is 7.30. The van der Waals surface area contributed by atoms with Crippen molar-refractivity contribution in [1.82, 2.24) is 4.98 Å². The van der Waals surface area contributed by atoms with E-state index in [1.807, 2.05) is 18.2 Å². The third-order valence-corrected chi connectivity index (χ3v) is 3.89. The van der Waals surface area contributed by atoms with E-state index < -0.39 is 0 Å².